The summed E-state index contributed by atoms with van der Waals surface area (Å²) in [6.45, 7) is 0. The minimum absolute atomic E-state index is 0.297. The molecule has 0 aromatic heterocycles. The number of benzene rings is 1. The first-order chi connectivity index (χ1) is 5.54. The second-order valence-electron chi connectivity index (χ2n) is 2.08. The lowest BCUT2D eigenvalue weighted by atomic mass is 10.2. The molecule has 0 atom stereocenters. The number of halogens is 3. The van der Waals surface area contributed by atoms with Gasteiger partial charge in [-0.3, -0.25) is 4.79 Å². The molecule has 2 nitrogen and oxygen atoms in total. The van der Waals surface area contributed by atoms with Crippen LogP contribution in [0.5, 0.6) is 0 Å². The molecule has 1 aromatic rings. The summed E-state index contributed by atoms with van der Waals surface area (Å²) in [5.74, 6) is -0.548. The molecule has 1 rings (SSSR count). The molecule has 0 saturated heterocycles. The standard InChI is InChI=1S/C7H4Br2ClNO/c8-3-1-2-4(9)6(10)5(3)7(11)12/h1-2H,(H2,11,12). The maximum absolute atomic E-state index is 10.9. The predicted octanol–water partition coefficient (Wildman–Crippen LogP) is 2.96. The molecule has 0 aliphatic carbocycles. The van der Waals surface area contributed by atoms with E-state index in [2.05, 4.69) is 31.9 Å². The van der Waals surface area contributed by atoms with Crippen LogP contribution in [0.2, 0.25) is 5.02 Å². The maximum Gasteiger partial charge on any atom is 0.251 e. The molecule has 0 unspecified atom stereocenters. The average molecular weight is 313 g/mol. The fraction of sp³-hybridized carbons (Fsp3) is 0. The van der Waals surface area contributed by atoms with E-state index >= 15 is 0 Å². The third-order valence-electron chi connectivity index (χ3n) is 1.29. The quantitative estimate of drug-likeness (QED) is 0.796. The first-order valence-electron chi connectivity index (χ1n) is 2.97. The van der Waals surface area contributed by atoms with Crippen molar-refractivity contribution >= 4 is 49.4 Å². The Hall–Kier alpha value is -0.0600. The highest BCUT2D eigenvalue weighted by Gasteiger charge is 2.13. The van der Waals surface area contributed by atoms with Gasteiger partial charge >= 0.3 is 0 Å². The molecule has 1 aromatic carbocycles. The zero-order valence-corrected chi connectivity index (χ0v) is 9.70. The van der Waals surface area contributed by atoms with E-state index in [0.29, 0.717) is 19.5 Å². The Bertz CT molecular complexity index is 340. The molecule has 0 bridgehead atoms. The van der Waals surface area contributed by atoms with Crippen molar-refractivity contribution in [3.63, 3.8) is 0 Å². The number of hydrogen-bond donors (Lipinski definition) is 1. The van der Waals surface area contributed by atoms with Crippen molar-refractivity contribution in [1.82, 2.24) is 0 Å². The van der Waals surface area contributed by atoms with Crippen LogP contribution in [0, 0.1) is 0 Å². The van der Waals surface area contributed by atoms with E-state index in [9.17, 15) is 4.79 Å². The van der Waals surface area contributed by atoms with Crippen molar-refractivity contribution in [2.24, 2.45) is 5.73 Å². The van der Waals surface area contributed by atoms with Crippen LogP contribution in [-0.2, 0) is 0 Å². The van der Waals surface area contributed by atoms with Crippen molar-refractivity contribution in [3.8, 4) is 0 Å². The number of carbonyl (C=O) groups is 1. The summed E-state index contributed by atoms with van der Waals surface area (Å²) >= 11 is 12.2. The molecule has 0 spiro atoms. The maximum atomic E-state index is 10.9. The summed E-state index contributed by atoms with van der Waals surface area (Å²) in [6.07, 6.45) is 0. The van der Waals surface area contributed by atoms with Crippen LogP contribution >= 0.6 is 43.5 Å². The summed E-state index contributed by atoms with van der Waals surface area (Å²) < 4.78 is 1.25. The summed E-state index contributed by atoms with van der Waals surface area (Å²) in [4.78, 5) is 10.9. The lowest BCUT2D eigenvalue weighted by molar-refractivity contribution is 0.0999. The number of amides is 1. The molecule has 0 radical (unpaired) electrons. The topological polar surface area (TPSA) is 43.1 Å². The van der Waals surface area contributed by atoms with Gasteiger partial charge in [-0.15, -0.1) is 0 Å². The van der Waals surface area contributed by atoms with Gasteiger partial charge in [0.15, 0.2) is 0 Å². The van der Waals surface area contributed by atoms with Crippen molar-refractivity contribution in [2.45, 2.75) is 0 Å². The molecule has 0 aliphatic heterocycles. The molecule has 0 heterocycles. The third-order valence-corrected chi connectivity index (χ3v) is 3.23. The van der Waals surface area contributed by atoms with Crippen LogP contribution in [0.1, 0.15) is 10.4 Å². The first kappa shape index (κ1) is 10.0. The van der Waals surface area contributed by atoms with Crippen LogP contribution in [0.4, 0.5) is 0 Å². The molecule has 1 amide bonds. The Morgan fingerprint density at radius 2 is 1.83 bits per heavy atom. The van der Waals surface area contributed by atoms with Gasteiger partial charge in [0.05, 0.1) is 10.6 Å². The van der Waals surface area contributed by atoms with Gasteiger partial charge in [0, 0.05) is 8.95 Å². The molecule has 0 aliphatic rings. The van der Waals surface area contributed by atoms with Crippen LogP contribution in [0.3, 0.4) is 0 Å². The normalized spacial score (nSPS) is 9.92. The number of rotatable bonds is 1. The number of nitrogens with two attached hydrogens (primary N) is 1. The van der Waals surface area contributed by atoms with Crippen molar-refractivity contribution in [2.75, 3.05) is 0 Å². The highest BCUT2D eigenvalue weighted by molar-refractivity contribution is 9.11. The minimum Gasteiger partial charge on any atom is -0.366 e. The minimum atomic E-state index is -0.548. The van der Waals surface area contributed by atoms with Crippen molar-refractivity contribution in [3.05, 3.63) is 31.7 Å². The first-order valence-corrected chi connectivity index (χ1v) is 4.93. The third kappa shape index (κ3) is 1.81. The SMILES string of the molecule is NC(=O)c1c(Br)ccc(Br)c1Cl. The van der Waals surface area contributed by atoms with Crippen LogP contribution in [-0.4, -0.2) is 5.91 Å². The average Bonchev–Trinajstić information content (AvgIpc) is 1.97. The predicted molar refractivity (Wildman–Crippen MR) is 55.4 cm³/mol. The van der Waals surface area contributed by atoms with Gasteiger partial charge in [-0.1, -0.05) is 11.6 Å². The largest absolute Gasteiger partial charge is 0.366 e. The second-order valence-corrected chi connectivity index (χ2v) is 4.17. The molecule has 5 heteroatoms. The van der Waals surface area contributed by atoms with E-state index in [1.807, 2.05) is 0 Å². The Kier molecular flexibility index (Phi) is 3.15. The lowest BCUT2D eigenvalue weighted by Gasteiger charge is -2.03. The van der Waals surface area contributed by atoms with Gasteiger partial charge in [0.1, 0.15) is 0 Å². The Balaban J connectivity index is 3.43. The second kappa shape index (κ2) is 3.77. The van der Waals surface area contributed by atoms with E-state index in [1.165, 1.54) is 0 Å². The van der Waals surface area contributed by atoms with Gasteiger partial charge in [-0.2, -0.15) is 0 Å². The fourth-order valence-electron chi connectivity index (χ4n) is 0.753. The van der Waals surface area contributed by atoms with Gasteiger partial charge in [-0.05, 0) is 44.0 Å². The van der Waals surface area contributed by atoms with E-state index in [4.69, 9.17) is 17.3 Å². The highest BCUT2D eigenvalue weighted by Crippen LogP contribution is 2.31. The summed E-state index contributed by atoms with van der Waals surface area (Å²) in [5.41, 5.74) is 5.41. The summed E-state index contributed by atoms with van der Waals surface area (Å²) in [6, 6.07) is 3.44. The van der Waals surface area contributed by atoms with Gasteiger partial charge in [0.2, 0.25) is 0 Å². The molecule has 0 fully saturated rings. The molecular formula is C7H4Br2ClNO. The number of primary amides is 1. The van der Waals surface area contributed by atoms with Crippen LogP contribution in [0.15, 0.2) is 21.1 Å². The van der Waals surface area contributed by atoms with Gasteiger partial charge < -0.3 is 5.73 Å². The summed E-state index contributed by atoms with van der Waals surface area (Å²) in [7, 11) is 0. The summed E-state index contributed by atoms with van der Waals surface area (Å²) in [5, 5.41) is 0.330. The van der Waals surface area contributed by atoms with Gasteiger partial charge in [-0.25, -0.2) is 0 Å². The molecule has 12 heavy (non-hydrogen) atoms. The lowest BCUT2D eigenvalue weighted by Crippen LogP contribution is -2.12. The number of hydrogen-bond acceptors (Lipinski definition) is 1. The molecule has 64 valence electrons. The van der Waals surface area contributed by atoms with E-state index in [-0.39, 0.29) is 0 Å². The Morgan fingerprint density at radius 3 is 2.25 bits per heavy atom. The van der Waals surface area contributed by atoms with Crippen LogP contribution in [0.25, 0.3) is 0 Å². The van der Waals surface area contributed by atoms with E-state index in [1.54, 1.807) is 12.1 Å². The zero-order valence-electron chi connectivity index (χ0n) is 5.77. The monoisotopic (exact) mass is 311 g/mol. The molecule has 2 N–H and O–H groups in total. The molecule has 0 saturated carbocycles. The highest BCUT2D eigenvalue weighted by atomic mass is 79.9. The Morgan fingerprint density at radius 1 is 1.33 bits per heavy atom. The fourth-order valence-corrected chi connectivity index (χ4v) is 1.98. The molecular weight excluding hydrogens is 309 g/mol. The number of carbonyl (C=O) groups excluding carboxylic acids is 1. The van der Waals surface area contributed by atoms with Crippen molar-refractivity contribution < 1.29 is 4.79 Å². The van der Waals surface area contributed by atoms with E-state index in [0.717, 1.165) is 0 Å². The van der Waals surface area contributed by atoms with Gasteiger partial charge in [0.25, 0.3) is 5.91 Å². The smallest absolute Gasteiger partial charge is 0.251 e. The van der Waals surface area contributed by atoms with Crippen molar-refractivity contribution in [1.29, 1.82) is 0 Å². The Labute approximate surface area is 91.3 Å². The zero-order chi connectivity index (χ0) is 9.30. The van der Waals surface area contributed by atoms with E-state index < -0.39 is 5.91 Å². The van der Waals surface area contributed by atoms with Crippen LogP contribution < -0.4 is 5.73 Å².